The van der Waals surface area contributed by atoms with E-state index in [4.69, 9.17) is 4.74 Å². The molecular formula is C20H32F2N4O2. The Hall–Kier alpha value is -1.93. The minimum absolute atomic E-state index is 0.187. The van der Waals surface area contributed by atoms with Crippen molar-refractivity contribution in [1.29, 1.82) is 0 Å². The van der Waals surface area contributed by atoms with Gasteiger partial charge in [-0.05, 0) is 44.8 Å². The summed E-state index contributed by atoms with van der Waals surface area (Å²) in [6.07, 6.45) is 2.27. The SMILES string of the molecule is CN=C(NCc1cc(C)ccc1OC(F)F)NCC1CCN(CCOC)CC1. The number of alkyl halides is 2. The molecule has 0 radical (unpaired) electrons. The van der Waals surface area contributed by atoms with E-state index in [-0.39, 0.29) is 5.75 Å². The number of hydrogen-bond donors (Lipinski definition) is 2. The fourth-order valence-corrected chi connectivity index (χ4v) is 3.33. The van der Waals surface area contributed by atoms with Crippen molar-refractivity contribution in [2.24, 2.45) is 10.9 Å². The zero-order chi connectivity index (χ0) is 20.4. The Morgan fingerprint density at radius 3 is 2.68 bits per heavy atom. The number of halogens is 2. The summed E-state index contributed by atoms with van der Waals surface area (Å²) < 4.78 is 34.9. The first kappa shape index (κ1) is 22.4. The Morgan fingerprint density at radius 2 is 2.04 bits per heavy atom. The predicted octanol–water partition coefficient (Wildman–Crippen LogP) is 2.62. The van der Waals surface area contributed by atoms with Gasteiger partial charge >= 0.3 is 6.61 Å². The lowest BCUT2D eigenvalue weighted by molar-refractivity contribution is -0.0504. The average Bonchev–Trinajstić information content (AvgIpc) is 2.69. The van der Waals surface area contributed by atoms with Crippen LogP contribution in [0.3, 0.4) is 0 Å². The van der Waals surface area contributed by atoms with Gasteiger partial charge in [-0.2, -0.15) is 8.78 Å². The van der Waals surface area contributed by atoms with Crippen LogP contribution in [0.15, 0.2) is 23.2 Å². The van der Waals surface area contributed by atoms with Crippen LogP contribution in [0.5, 0.6) is 5.75 Å². The predicted molar refractivity (Wildman–Crippen MR) is 107 cm³/mol. The van der Waals surface area contributed by atoms with Crippen molar-refractivity contribution in [3.63, 3.8) is 0 Å². The van der Waals surface area contributed by atoms with Crippen molar-refractivity contribution >= 4 is 5.96 Å². The number of likely N-dealkylation sites (tertiary alicyclic amines) is 1. The number of nitrogens with zero attached hydrogens (tertiary/aromatic N) is 2. The number of nitrogens with one attached hydrogen (secondary N) is 2. The molecule has 0 spiro atoms. The molecule has 1 aliphatic rings. The first-order valence-corrected chi connectivity index (χ1v) is 9.72. The highest BCUT2D eigenvalue weighted by atomic mass is 19.3. The fourth-order valence-electron chi connectivity index (χ4n) is 3.33. The van der Waals surface area contributed by atoms with E-state index in [0.29, 0.717) is 24.0 Å². The molecule has 28 heavy (non-hydrogen) atoms. The van der Waals surface area contributed by atoms with E-state index in [1.165, 1.54) is 0 Å². The van der Waals surface area contributed by atoms with Gasteiger partial charge in [0.25, 0.3) is 0 Å². The maximum Gasteiger partial charge on any atom is 0.387 e. The summed E-state index contributed by atoms with van der Waals surface area (Å²) in [5.74, 6) is 1.44. The van der Waals surface area contributed by atoms with E-state index >= 15 is 0 Å². The summed E-state index contributed by atoms with van der Waals surface area (Å²) in [6, 6.07) is 5.17. The van der Waals surface area contributed by atoms with Crippen LogP contribution in [0, 0.1) is 12.8 Å². The van der Waals surface area contributed by atoms with Crippen molar-refractivity contribution < 1.29 is 18.3 Å². The zero-order valence-corrected chi connectivity index (χ0v) is 17.0. The highest BCUT2D eigenvalue weighted by Crippen LogP contribution is 2.22. The highest BCUT2D eigenvalue weighted by Gasteiger charge is 2.19. The minimum Gasteiger partial charge on any atom is -0.434 e. The smallest absolute Gasteiger partial charge is 0.387 e. The number of ether oxygens (including phenoxy) is 2. The average molecular weight is 398 g/mol. The Morgan fingerprint density at radius 1 is 1.29 bits per heavy atom. The molecular weight excluding hydrogens is 366 g/mol. The summed E-state index contributed by atoms with van der Waals surface area (Å²) >= 11 is 0. The van der Waals surface area contributed by atoms with E-state index in [0.717, 1.165) is 51.2 Å². The standard InChI is InChI=1S/C20H32F2N4O2/c1-15-4-5-18(28-19(21)22)17(12-15)14-25-20(23-2)24-13-16-6-8-26(9-7-16)10-11-27-3/h4-5,12,16,19H,6-11,13-14H2,1-3H3,(H2,23,24,25). The first-order valence-electron chi connectivity index (χ1n) is 9.72. The number of benzene rings is 1. The topological polar surface area (TPSA) is 58.1 Å². The quantitative estimate of drug-likeness (QED) is 0.495. The van der Waals surface area contributed by atoms with E-state index in [1.807, 2.05) is 13.0 Å². The van der Waals surface area contributed by atoms with Crippen LogP contribution in [0.1, 0.15) is 24.0 Å². The molecule has 1 aromatic carbocycles. The van der Waals surface area contributed by atoms with Crippen LogP contribution >= 0.6 is 0 Å². The molecule has 158 valence electrons. The number of piperidine rings is 1. The lowest BCUT2D eigenvalue weighted by Crippen LogP contribution is -2.43. The molecule has 0 amide bonds. The molecule has 0 aliphatic carbocycles. The van der Waals surface area contributed by atoms with Crippen LogP contribution < -0.4 is 15.4 Å². The first-order chi connectivity index (χ1) is 13.5. The summed E-state index contributed by atoms with van der Waals surface area (Å²) in [4.78, 5) is 6.66. The molecule has 0 atom stereocenters. The third kappa shape index (κ3) is 7.59. The van der Waals surface area contributed by atoms with Crippen molar-refractivity contribution in [3.05, 3.63) is 29.3 Å². The van der Waals surface area contributed by atoms with Gasteiger partial charge in [-0.1, -0.05) is 17.7 Å². The lowest BCUT2D eigenvalue weighted by atomic mass is 9.97. The lowest BCUT2D eigenvalue weighted by Gasteiger charge is -2.32. The van der Waals surface area contributed by atoms with Crippen molar-refractivity contribution in [2.75, 3.05) is 46.9 Å². The molecule has 8 heteroatoms. The Labute approximate surface area is 166 Å². The van der Waals surface area contributed by atoms with Crippen molar-refractivity contribution in [2.45, 2.75) is 32.9 Å². The van der Waals surface area contributed by atoms with Gasteiger partial charge in [-0.25, -0.2) is 0 Å². The van der Waals surface area contributed by atoms with Gasteiger partial charge in [0, 0.05) is 39.4 Å². The molecule has 1 fully saturated rings. The number of rotatable bonds is 9. The molecule has 0 saturated carbocycles. The van der Waals surface area contributed by atoms with Crippen molar-refractivity contribution in [3.8, 4) is 5.75 Å². The van der Waals surface area contributed by atoms with Crippen molar-refractivity contribution in [1.82, 2.24) is 15.5 Å². The molecule has 6 nitrogen and oxygen atoms in total. The maximum atomic E-state index is 12.6. The number of aliphatic imine (C=N–C) groups is 1. The van der Waals surface area contributed by atoms with Gasteiger partial charge < -0.3 is 25.0 Å². The van der Waals surface area contributed by atoms with E-state index < -0.39 is 6.61 Å². The number of methoxy groups -OCH3 is 1. The summed E-state index contributed by atoms with van der Waals surface area (Å²) in [6.45, 7) is 4.20. The number of hydrogen-bond acceptors (Lipinski definition) is 4. The second-order valence-corrected chi connectivity index (χ2v) is 7.07. The summed E-state index contributed by atoms with van der Waals surface area (Å²) in [5, 5.41) is 6.54. The third-order valence-electron chi connectivity index (χ3n) is 4.98. The third-order valence-corrected chi connectivity index (χ3v) is 4.98. The Balaban J connectivity index is 1.79. The van der Waals surface area contributed by atoms with E-state index in [1.54, 1.807) is 26.3 Å². The molecule has 1 aliphatic heterocycles. The molecule has 1 aromatic rings. The zero-order valence-electron chi connectivity index (χ0n) is 17.0. The molecule has 0 unspecified atom stereocenters. The van der Waals surface area contributed by atoms with E-state index in [2.05, 4.69) is 25.3 Å². The molecule has 0 aromatic heterocycles. The van der Waals surface area contributed by atoms with Gasteiger partial charge in [0.1, 0.15) is 5.75 Å². The maximum absolute atomic E-state index is 12.6. The molecule has 2 N–H and O–H groups in total. The molecule has 1 heterocycles. The molecule has 2 rings (SSSR count). The minimum atomic E-state index is -2.84. The van der Waals surface area contributed by atoms with Gasteiger partial charge in [0.2, 0.25) is 0 Å². The number of guanidine groups is 1. The van der Waals surface area contributed by atoms with Crippen LogP contribution in [0.2, 0.25) is 0 Å². The Bertz CT molecular complexity index is 620. The van der Waals surface area contributed by atoms with Gasteiger partial charge in [0.15, 0.2) is 5.96 Å². The summed E-state index contributed by atoms with van der Waals surface area (Å²) in [5.41, 5.74) is 1.66. The number of aryl methyl sites for hydroxylation is 1. The van der Waals surface area contributed by atoms with Crippen LogP contribution in [-0.4, -0.2) is 64.4 Å². The van der Waals surface area contributed by atoms with Gasteiger partial charge in [-0.15, -0.1) is 0 Å². The van der Waals surface area contributed by atoms with Crippen LogP contribution in [-0.2, 0) is 11.3 Å². The van der Waals surface area contributed by atoms with Crippen LogP contribution in [0.4, 0.5) is 8.78 Å². The molecule has 1 saturated heterocycles. The molecule has 0 bridgehead atoms. The fraction of sp³-hybridized carbons (Fsp3) is 0.650. The second-order valence-electron chi connectivity index (χ2n) is 7.07. The monoisotopic (exact) mass is 398 g/mol. The summed E-state index contributed by atoms with van der Waals surface area (Å²) in [7, 11) is 3.43. The van der Waals surface area contributed by atoms with E-state index in [9.17, 15) is 8.78 Å². The van der Waals surface area contributed by atoms with Crippen LogP contribution in [0.25, 0.3) is 0 Å². The Kier molecular flexibility index (Phi) is 9.43. The second kappa shape index (κ2) is 11.8. The largest absolute Gasteiger partial charge is 0.434 e. The van der Waals surface area contributed by atoms with Gasteiger partial charge in [-0.3, -0.25) is 4.99 Å². The van der Waals surface area contributed by atoms with Gasteiger partial charge in [0.05, 0.1) is 6.61 Å². The highest BCUT2D eigenvalue weighted by molar-refractivity contribution is 5.79. The normalized spacial score (nSPS) is 16.4.